The molecule has 1 fully saturated rings. The molecule has 5 nitrogen and oxygen atoms in total. The standard InChI is InChI=1S/C19H20FN3O2/c1-13-7-2-4-9-15(13)21-18(24)17-11-6-12-23(17)19(25)22-16-10-5-3-8-14(16)20/h2-5,7-10,17H,6,11-12H2,1H3,(H,21,24)(H,22,25)/t17-/m1/s1. The van der Waals surface area contributed by atoms with Gasteiger partial charge in [-0.05, 0) is 43.5 Å². The van der Waals surface area contributed by atoms with Crippen LogP contribution in [0, 0.1) is 12.7 Å². The van der Waals surface area contributed by atoms with Gasteiger partial charge in [0.25, 0.3) is 0 Å². The van der Waals surface area contributed by atoms with Crippen molar-refractivity contribution in [3.8, 4) is 0 Å². The summed E-state index contributed by atoms with van der Waals surface area (Å²) in [5.41, 5.74) is 1.79. The lowest BCUT2D eigenvalue weighted by Crippen LogP contribution is -2.45. The van der Waals surface area contributed by atoms with E-state index in [-0.39, 0.29) is 11.6 Å². The van der Waals surface area contributed by atoms with Crippen molar-refractivity contribution in [1.82, 2.24) is 4.90 Å². The van der Waals surface area contributed by atoms with Crippen molar-refractivity contribution in [3.63, 3.8) is 0 Å². The molecule has 1 saturated heterocycles. The third-order valence-corrected chi connectivity index (χ3v) is 4.33. The summed E-state index contributed by atoms with van der Waals surface area (Å²) in [7, 11) is 0. The van der Waals surface area contributed by atoms with Gasteiger partial charge >= 0.3 is 6.03 Å². The molecule has 1 aliphatic rings. The number of hydrogen-bond acceptors (Lipinski definition) is 2. The predicted molar refractivity (Wildman–Crippen MR) is 95.0 cm³/mol. The topological polar surface area (TPSA) is 61.4 Å². The number of benzene rings is 2. The van der Waals surface area contributed by atoms with Crippen LogP contribution < -0.4 is 10.6 Å². The van der Waals surface area contributed by atoms with Crippen LogP contribution in [0.3, 0.4) is 0 Å². The van der Waals surface area contributed by atoms with E-state index in [1.54, 1.807) is 12.1 Å². The van der Waals surface area contributed by atoms with E-state index in [1.165, 1.54) is 17.0 Å². The second-order valence-electron chi connectivity index (χ2n) is 6.07. The number of urea groups is 1. The first-order chi connectivity index (χ1) is 12.1. The fraction of sp³-hybridized carbons (Fsp3) is 0.263. The van der Waals surface area contributed by atoms with Crippen LogP contribution >= 0.6 is 0 Å². The molecule has 0 radical (unpaired) electrons. The zero-order chi connectivity index (χ0) is 17.8. The SMILES string of the molecule is Cc1ccccc1NC(=O)[C@H]1CCCN1C(=O)Nc1ccccc1F. The van der Waals surface area contributed by atoms with Crippen molar-refractivity contribution in [2.75, 3.05) is 17.2 Å². The maximum atomic E-state index is 13.7. The van der Waals surface area contributed by atoms with Crippen molar-refractivity contribution in [2.24, 2.45) is 0 Å². The smallest absolute Gasteiger partial charge is 0.322 e. The van der Waals surface area contributed by atoms with E-state index in [0.29, 0.717) is 13.0 Å². The summed E-state index contributed by atoms with van der Waals surface area (Å²) in [5.74, 6) is -0.730. The number of nitrogens with one attached hydrogen (secondary N) is 2. The molecule has 6 heteroatoms. The van der Waals surface area contributed by atoms with Gasteiger partial charge in [0.2, 0.25) is 5.91 Å². The van der Waals surface area contributed by atoms with Gasteiger partial charge in [-0.25, -0.2) is 9.18 Å². The molecule has 3 rings (SSSR count). The van der Waals surface area contributed by atoms with Gasteiger partial charge in [-0.1, -0.05) is 30.3 Å². The number of rotatable bonds is 3. The number of amides is 3. The van der Waals surface area contributed by atoms with E-state index in [0.717, 1.165) is 17.7 Å². The molecule has 2 N–H and O–H groups in total. The minimum absolute atomic E-state index is 0.109. The molecule has 130 valence electrons. The lowest BCUT2D eigenvalue weighted by atomic mass is 10.1. The normalized spacial score (nSPS) is 16.6. The molecule has 1 atom stereocenters. The molecule has 0 aliphatic carbocycles. The monoisotopic (exact) mass is 341 g/mol. The highest BCUT2D eigenvalue weighted by molar-refractivity contribution is 6.00. The molecule has 1 heterocycles. The Labute approximate surface area is 145 Å². The molecule has 0 bridgehead atoms. The lowest BCUT2D eigenvalue weighted by Gasteiger charge is -2.24. The van der Waals surface area contributed by atoms with Gasteiger partial charge in [-0.15, -0.1) is 0 Å². The first kappa shape index (κ1) is 17.0. The van der Waals surface area contributed by atoms with Crippen LogP contribution in [-0.2, 0) is 4.79 Å². The van der Waals surface area contributed by atoms with E-state index in [2.05, 4.69) is 10.6 Å². The fourth-order valence-corrected chi connectivity index (χ4v) is 2.96. The predicted octanol–water partition coefficient (Wildman–Crippen LogP) is 3.77. The highest BCUT2D eigenvalue weighted by Gasteiger charge is 2.34. The maximum Gasteiger partial charge on any atom is 0.322 e. The number of para-hydroxylation sites is 2. The van der Waals surface area contributed by atoms with E-state index in [4.69, 9.17) is 0 Å². The van der Waals surface area contributed by atoms with Crippen LogP contribution in [0.1, 0.15) is 18.4 Å². The van der Waals surface area contributed by atoms with Crippen LogP contribution in [0.15, 0.2) is 48.5 Å². The first-order valence-corrected chi connectivity index (χ1v) is 8.25. The summed E-state index contributed by atoms with van der Waals surface area (Å²) in [6, 6.07) is 12.4. The number of hydrogen-bond donors (Lipinski definition) is 2. The second-order valence-corrected chi connectivity index (χ2v) is 6.07. The van der Waals surface area contributed by atoms with Crippen molar-refractivity contribution in [2.45, 2.75) is 25.8 Å². The zero-order valence-corrected chi connectivity index (χ0v) is 14.0. The molecule has 0 saturated carbocycles. The third-order valence-electron chi connectivity index (χ3n) is 4.33. The molecular formula is C19H20FN3O2. The molecule has 2 aromatic carbocycles. The minimum Gasteiger partial charge on any atom is -0.324 e. The van der Waals surface area contributed by atoms with Gasteiger partial charge in [0.1, 0.15) is 11.9 Å². The molecular weight excluding hydrogens is 321 g/mol. The first-order valence-electron chi connectivity index (χ1n) is 8.25. The average molecular weight is 341 g/mol. The molecule has 2 aromatic rings. The Hall–Kier alpha value is -2.89. The number of nitrogens with zero attached hydrogens (tertiary/aromatic N) is 1. The zero-order valence-electron chi connectivity index (χ0n) is 14.0. The van der Waals surface area contributed by atoms with Crippen LogP contribution in [0.5, 0.6) is 0 Å². The highest BCUT2D eigenvalue weighted by Crippen LogP contribution is 2.22. The number of carbonyl (C=O) groups excluding carboxylic acids is 2. The summed E-state index contributed by atoms with van der Waals surface area (Å²) in [4.78, 5) is 26.5. The van der Waals surface area contributed by atoms with Gasteiger partial charge in [-0.3, -0.25) is 4.79 Å². The Balaban J connectivity index is 1.69. The van der Waals surface area contributed by atoms with Crippen molar-refractivity contribution >= 4 is 23.3 Å². The van der Waals surface area contributed by atoms with Gasteiger partial charge in [0.05, 0.1) is 5.69 Å². The second kappa shape index (κ2) is 7.34. The summed E-state index contributed by atoms with van der Waals surface area (Å²) < 4.78 is 13.7. The molecule has 3 amide bonds. The Bertz CT molecular complexity index is 728. The quantitative estimate of drug-likeness (QED) is 0.893. The van der Waals surface area contributed by atoms with Crippen molar-refractivity contribution in [1.29, 1.82) is 0 Å². The minimum atomic E-state index is -0.564. The molecule has 0 aromatic heterocycles. The third kappa shape index (κ3) is 3.79. The Morgan fingerprint density at radius 1 is 1.04 bits per heavy atom. The summed E-state index contributed by atoms with van der Waals surface area (Å²) in [6.07, 6.45) is 1.32. The van der Waals surface area contributed by atoms with Gasteiger partial charge in [0.15, 0.2) is 0 Å². The van der Waals surface area contributed by atoms with E-state index >= 15 is 0 Å². The molecule has 0 unspecified atom stereocenters. The Kier molecular flexibility index (Phi) is 4.97. The largest absolute Gasteiger partial charge is 0.324 e. The van der Waals surface area contributed by atoms with Crippen LogP contribution in [0.2, 0.25) is 0 Å². The van der Waals surface area contributed by atoms with Crippen LogP contribution in [0.4, 0.5) is 20.6 Å². The number of anilines is 2. The van der Waals surface area contributed by atoms with Crippen LogP contribution in [0.25, 0.3) is 0 Å². The lowest BCUT2D eigenvalue weighted by molar-refractivity contribution is -0.119. The molecule has 0 spiro atoms. The van der Waals surface area contributed by atoms with Crippen LogP contribution in [-0.4, -0.2) is 29.4 Å². The summed E-state index contributed by atoms with van der Waals surface area (Å²) >= 11 is 0. The number of aryl methyl sites for hydroxylation is 1. The van der Waals surface area contributed by atoms with Gasteiger partial charge in [-0.2, -0.15) is 0 Å². The molecule has 1 aliphatic heterocycles. The maximum absolute atomic E-state index is 13.7. The van der Waals surface area contributed by atoms with E-state index in [9.17, 15) is 14.0 Å². The number of halogens is 1. The van der Waals surface area contributed by atoms with E-state index < -0.39 is 17.9 Å². The number of carbonyl (C=O) groups is 2. The highest BCUT2D eigenvalue weighted by atomic mass is 19.1. The van der Waals surface area contributed by atoms with E-state index in [1.807, 2.05) is 31.2 Å². The summed E-state index contributed by atoms with van der Waals surface area (Å²) in [6.45, 7) is 2.37. The number of likely N-dealkylation sites (tertiary alicyclic amines) is 1. The summed E-state index contributed by atoms with van der Waals surface area (Å²) in [5, 5.41) is 5.42. The Morgan fingerprint density at radius 3 is 2.44 bits per heavy atom. The average Bonchev–Trinajstić information content (AvgIpc) is 3.09. The fourth-order valence-electron chi connectivity index (χ4n) is 2.96. The van der Waals surface area contributed by atoms with Crippen molar-refractivity contribution < 1.29 is 14.0 Å². The van der Waals surface area contributed by atoms with Crippen molar-refractivity contribution in [3.05, 3.63) is 59.9 Å². The van der Waals surface area contributed by atoms with Gasteiger partial charge < -0.3 is 15.5 Å². The van der Waals surface area contributed by atoms with Gasteiger partial charge in [0, 0.05) is 12.2 Å². The Morgan fingerprint density at radius 2 is 1.72 bits per heavy atom. The molecule has 25 heavy (non-hydrogen) atoms.